The quantitative estimate of drug-likeness (QED) is 0.524. The van der Waals surface area contributed by atoms with E-state index in [1.165, 1.54) is 24.3 Å². The maximum absolute atomic E-state index is 13.8. The van der Waals surface area contributed by atoms with Crippen LogP contribution in [-0.4, -0.2) is 32.4 Å². The van der Waals surface area contributed by atoms with Gasteiger partial charge < -0.3 is 14.6 Å². The number of aromatic nitrogens is 3. The number of phenolic OH excluding ortho intramolecular Hbond substituents is 1. The number of esters is 1. The topological polar surface area (TPSA) is 86.5 Å². The molecule has 2 aromatic carbocycles. The predicted octanol–water partition coefficient (Wildman–Crippen LogP) is 5.07. The summed E-state index contributed by atoms with van der Waals surface area (Å²) in [6.07, 6.45) is -7.39. The van der Waals surface area contributed by atoms with Gasteiger partial charge in [0.05, 0.1) is 18.7 Å². The number of halogens is 4. The van der Waals surface area contributed by atoms with Gasteiger partial charge in [0.25, 0.3) is 0 Å². The van der Waals surface area contributed by atoms with E-state index in [9.17, 15) is 23.1 Å². The molecule has 1 aliphatic heterocycles. The number of fused-ring (bicyclic) bond motifs is 3. The van der Waals surface area contributed by atoms with E-state index in [2.05, 4.69) is 10.2 Å². The minimum absolute atomic E-state index is 0.0127. The highest BCUT2D eigenvalue weighted by Crippen LogP contribution is 2.45. The molecule has 1 aromatic heterocycles. The van der Waals surface area contributed by atoms with Crippen molar-refractivity contribution < 1.29 is 32.5 Å². The van der Waals surface area contributed by atoms with Crippen molar-refractivity contribution in [3.05, 3.63) is 69.8 Å². The average Bonchev–Trinajstić information content (AvgIpc) is 3.14. The molecule has 0 saturated heterocycles. The molecule has 0 radical (unpaired) electrons. The van der Waals surface area contributed by atoms with Gasteiger partial charge in [-0.3, -0.25) is 9.36 Å². The molecule has 1 aliphatic rings. The molecule has 0 bridgehead atoms. The van der Waals surface area contributed by atoms with E-state index in [1.807, 2.05) is 0 Å². The van der Waals surface area contributed by atoms with Gasteiger partial charge in [-0.1, -0.05) is 23.7 Å². The number of ether oxygens (including phenoxy) is 2. The third kappa shape index (κ3) is 4.28. The largest absolute Gasteiger partial charge is 0.508 e. The molecule has 11 heteroatoms. The Morgan fingerprint density at radius 2 is 2.00 bits per heavy atom. The molecule has 4 rings (SSSR count). The predicted molar refractivity (Wildman–Crippen MR) is 111 cm³/mol. The zero-order valence-corrected chi connectivity index (χ0v) is 18.3. The minimum atomic E-state index is -4.82. The molecule has 1 N–H and O–H groups in total. The van der Waals surface area contributed by atoms with E-state index in [-0.39, 0.29) is 35.3 Å². The minimum Gasteiger partial charge on any atom is -0.508 e. The Hall–Kier alpha value is -3.11. The molecule has 174 valence electrons. The smallest absolute Gasteiger partial charge is 0.452 e. The average molecular weight is 482 g/mol. The number of aromatic hydroxyl groups is 1. The Labute approximate surface area is 191 Å². The molecule has 3 aromatic rings. The van der Waals surface area contributed by atoms with E-state index in [4.69, 9.17) is 21.1 Å². The van der Waals surface area contributed by atoms with Crippen molar-refractivity contribution in [3.63, 3.8) is 0 Å². The van der Waals surface area contributed by atoms with Crippen molar-refractivity contribution >= 4 is 17.6 Å². The van der Waals surface area contributed by atoms with Crippen LogP contribution in [0.15, 0.2) is 36.4 Å². The zero-order chi connectivity index (χ0) is 23.9. The van der Waals surface area contributed by atoms with Gasteiger partial charge in [0.1, 0.15) is 18.0 Å². The Bertz CT molecular complexity index is 1210. The van der Waals surface area contributed by atoms with Gasteiger partial charge in [0.2, 0.25) is 5.82 Å². The van der Waals surface area contributed by atoms with Gasteiger partial charge >= 0.3 is 12.1 Å². The fraction of sp³-hybridized carbons (Fsp3) is 0.318. The third-order valence-corrected chi connectivity index (χ3v) is 5.56. The number of carbonyl (C=O) groups excluding carboxylic acids is 1. The number of benzene rings is 2. The maximum Gasteiger partial charge on any atom is 0.452 e. The van der Waals surface area contributed by atoms with Crippen LogP contribution in [-0.2, 0) is 20.4 Å². The van der Waals surface area contributed by atoms with Crippen LogP contribution < -0.4 is 0 Å². The highest BCUT2D eigenvalue weighted by atomic mass is 35.5. The molecule has 0 unspecified atom stereocenters. The van der Waals surface area contributed by atoms with Gasteiger partial charge in [0.15, 0.2) is 5.82 Å². The summed E-state index contributed by atoms with van der Waals surface area (Å²) in [6.45, 7) is 3.37. The van der Waals surface area contributed by atoms with Gasteiger partial charge in [-0.15, -0.1) is 10.2 Å². The number of hydrogen-bond donors (Lipinski definition) is 1. The molecular weight excluding hydrogens is 463 g/mol. The molecule has 0 amide bonds. The molecule has 0 spiro atoms. The molecule has 0 aliphatic carbocycles. The number of rotatable bonds is 4. The van der Waals surface area contributed by atoms with Gasteiger partial charge in [-0.25, -0.2) is 0 Å². The Morgan fingerprint density at radius 3 is 2.70 bits per heavy atom. The molecule has 2 atom stereocenters. The number of nitrogens with zero attached hydrogens (tertiary/aromatic N) is 3. The van der Waals surface area contributed by atoms with Gasteiger partial charge in [-0.2, -0.15) is 13.2 Å². The lowest BCUT2D eigenvalue weighted by Gasteiger charge is -2.24. The monoisotopic (exact) mass is 481 g/mol. The van der Waals surface area contributed by atoms with Crippen molar-refractivity contribution in [3.8, 4) is 11.4 Å². The molecule has 2 heterocycles. The van der Waals surface area contributed by atoms with E-state index >= 15 is 0 Å². The lowest BCUT2D eigenvalue weighted by atomic mass is 9.95. The summed E-state index contributed by atoms with van der Waals surface area (Å²) in [5.41, 5.74) is 1.37. The van der Waals surface area contributed by atoms with Crippen molar-refractivity contribution in [1.29, 1.82) is 0 Å². The zero-order valence-electron chi connectivity index (χ0n) is 17.6. The molecule has 0 fully saturated rings. The summed E-state index contributed by atoms with van der Waals surface area (Å²) in [4.78, 5) is 12.3. The van der Waals surface area contributed by atoms with Gasteiger partial charge in [0, 0.05) is 10.6 Å². The van der Waals surface area contributed by atoms with Crippen LogP contribution in [0, 0.1) is 6.92 Å². The Balaban J connectivity index is 1.99. The maximum atomic E-state index is 13.8. The second-order valence-corrected chi connectivity index (χ2v) is 7.86. The van der Waals surface area contributed by atoms with Crippen LogP contribution in [0.4, 0.5) is 13.2 Å². The normalized spacial score (nSPS) is 17.8. The van der Waals surface area contributed by atoms with E-state index in [1.54, 1.807) is 26.0 Å². The number of alkyl halides is 3. The van der Waals surface area contributed by atoms with E-state index < -0.39 is 30.2 Å². The lowest BCUT2D eigenvalue weighted by molar-refractivity contribution is -0.147. The van der Waals surface area contributed by atoms with Gasteiger partial charge in [-0.05, 0) is 49.2 Å². The summed E-state index contributed by atoms with van der Waals surface area (Å²) >= 11 is 6.20. The van der Waals surface area contributed by atoms with Crippen LogP contribution in [0.5, 0.6) is 5.75 Å². The fourth-order valence-electron chi connectivity index (χ4n) is 3.84. The first-order valence-corrected chi connectivity index (χ1v) is 10.4. The van der Waals surface area contributed by atoms with Crippen LogP contribution in [0.1, 0.15) is 53.9 Å². The van der Waals surface area contributed by atoms with Crippen molar-refractivity contribution in [1.82, 2.24) is 14.8 Å². The number of carbonyl (C=O) groups is 1. The first kappa shape index (κ1) is 23.1. The highest BCUT2D eigenvalue weighted by Gasteiger charge is 2.43. The number of hydrogen-bond acceptors (Lipinski definition) is 6. The van der Waals surface area contributed by atoms with Crippen LogP contribution in [0.25, 0.3) is 5.69 Å². The van der Waals surface area contributed by atoms with E-state index in [0.29, 0.717) is 16.7 Å². The Morgan fingerprint density at radius 1 is 1.24 bits per heavy atom. The highest BCUT2D eigenvalue weighted by molar-refractivity contribution is 6.30. The second kappa shape index (κ2) is 8.68. The van der Waals surface area contributed by atoms with Crippen molar-refractivity contribution in [2.75, 3.05) is 6.61 Å². The summed E-state index contributed by atoms with van der Waals surface area (Å²) < 4.78 is 53.6. The SMILES string of the molecule is CCOC(=O)C[C@H]1O[C@H](c2cccc(O)c2C)c2cc(Cl)ccc2-n2c1nnc2C(F)(F)F. The Kier molecular flexibility index (Phi) is 6.06. The molecule has 7 nitrogen and oxygen atoms in total. The lowest BCUT2D eigenvalue weighted by Crippen LogP contribution is -2.18. The summed E-state index contributed by atoms with van der Waals surface area (Å²) in [7, 11) is 0. The second-order valence-electron chi connectivity index (χ2n) is 7.42. The molecule has 0 saturated carbocycles. The first-order valence-electron chi connectivity index (χ1n) is 10.0. The summed E-state index contributed by atoms with van der Waals surface area (Å²) in [6, 6.07) is 9.12. The van der Waals surface area contributed by atoms with Crippen molar-refractivity contribution in [2.45, 2.75) is 38.7 Å². The fourth-order valence-corrected chi connectivity index (χ4v) is 4.02. The molecular formula is C22H19ClF3N3O4. The van der Waals surface area contributed by atoms with Crippen LogP contribution >= 0.6 is 11.6 Å². The van der Waals surface area contributed by atoms with E-state index in [0.717, 1.165) is 4.57 Å². The van der Waals surface area contributed by atoms with Crippen molar-refractivity contribution in [2.24, 2.45) is 0 Å². The molecule has 33 heavy (non-hydrogen) atoms. The first-order chi connectivity index (χ1) is 15.6. The van der Waals surface area contributed by atoms with Crippen LogP contribution in [0.2, 0.25) is 5.02 Å². The summed E-state index contributed by atoms with van der Waals surface area (Å²) in [5.74, 6) is -2.13. The van der Waals surface area contributed by atoms with Crippen LogP contribution in [0.3, 0.4) is 0 Å². The summed E-state index contributed by atoms with van der Waals surface area (Å²) in [5, 5.41) is 17.6. The third-order valence-electron chi connectivity index (χ3n) is 5.33. The number of phenols is 1. The standard InChI is InChI=1S/C22H19ClF3N3O4/c1-3-32-18(31)10-17-20-27-28-21(22(24,25)26)29(20)15-8-7-12(23)9-14(15)19(33-17)13-5-4-6-16(30)11(13)2/h4-9,17,19,30H,3,10H2,1-2H3/t17-,19-/m1/s1.